The molecule has 0 radical (unpaired) electrons. The van der Waals surface area contributed by atoms with Crippen LogP contribution in [-0.2, 0) is 11.2 Å². The summed E-state index contributed by atoms with van der Waals surface area (Å²) in [5, 5.41) is 11.9. The zero-order valence-electron chi connectivity index (χ0n) is 12.6. The highest BCUT2D eigenvalue weighted by molar-refractivity contribution is 7.15. The molecule has 0 aliphatic heterocycles. The van der Waals surface area contributed by atoms with Crippen LogP contribution in [0.3, 0.4) is 0 Å². The molecule has 1 aromatic carbocycles. The van der Waals surface area contributed by atoms with Crippen LogP contribution < -0.4 is 10.1 Å². The Labute approximate surface area is 142 Å². The first kappa shape index (κ1) is 17.6. The molecule has 2 aromatic rings. The maximum absolute atomic E-state index is 13.0. The summed E-state index contributed by atoms with van der Waals surface area (Å²) >= 11 is 7.00. The van der Waals surface area contributed by atoms with E-state index < -0.39 is 5.82 Å². The van der Waals surface area contributed by atoms with Gasteiger partial charge in [0, 0.05) is 12.5 Å². The molecule has 0 aliphatic carbocycles. The van der Waals surface area contributed by atoms with Crippen molar-refractivity contribution in [2.75, 3.05) is 11.9 Å². The first-order valence-corrected chi connectivity index (χ1v) is 8.48. The van der Waals surface area contributed by atoms with E-state index in [4.69, 9.17) is 16.3 Å². The van der Waals surface area contributed by atoms with Gasteiger partial charge in [-0.25, -0.2) is 4.39 Å². The van der Waals surface area contributed by atoms with Crippen LogP contribution in [0.15, 0.2) is 18.2 Å². The molecule has 2 rings (SSSR count). The SMILES string of the molecule is CCCCCc1nnc(NC(=O)COc2ccc(F)c(Cl)c2)s1. The predicted octanol–water partition coefficient (Wildman–Crippen LogP) is 4.08. The number of hydrogen-bond acceptors (Lipinski definition) is 5. The number of amides is 1. The lowest BCUT2D eigenvalue weighted by Gasteiger charge is -2.06. The van der Waals surface area contributed by atoms with Gasteiger partial charge in [-0.1, -0.05) is 42.7 Å². The molecule has 5 nitrogen and oxygen atoms in total. The van der Waals surface area contributed by atoms with Gasteiger partial charge in [-0.15, -0.1) is 10.2 Å². The van der Waals surface area contributed by atoms with E-state index in [2.05, 4.69) is 22.4 Å². The quantitative estimate of drug-likeness (QED) is 0.723. The van der Waals surface area contributed by atoms with Crippen LogP contribution in [0.25, 0.3) is 0 Å². The Kier molecular flexibility index (Phi) is 6.73. The number of benzene rings is 1. The van der Waals surface area contributed by atoms with Crippen molar-refractivity contribution in [3.63, 3.8) is 0 Å². The molecule has 0 atom stereocenters. The summed E-state index contributed by atoms with van der Waals surface area (Å²) in [6.45, 7) is 1.92. The highest BCUT2D eigenvalue weighted by Gasteiger charge is 2.09. The lowest BCUT2D eigenvalue weighted by Crippen LogP contribution is -2.20. The second-order valence-electron chi connectivity index (χ2n) is 4.87. The van der Waals surface area contributed by atoms with Crippen LogP contribution in [0, 0.1) is 5.82 Å². The average Bonchev–Trinajstić information content (AvgIpc) is 2.96. The summed E-state index contributed by atoms with van der Waals surface area (Å²) in [5.41, 5.74) is 0. The van der Waals surface area contributed by atoms with E-state index in [1.54, 1.807) is 0 Å². The number of carbonyl (C=O) groups is 1. The molecule has 8 heteroatoms. The molecule has 0 saturated heterocycles. The van der Waals surface area contributed by atoms with Crippen molar-refractivity contribution in [2.24, 2.45) is 0 Å². The fourth-order valence-corrected chi connectivity index (χ4v) is 2.77. The van der Waals surface area contributed by atoms with E-state index in [1.165, 1.54) is 29.5 Å². The van der Waals surface area contributed by atoms with Crippen molar-refractivity contribution in [2.45, 2.75) is 32.6 Å². The van der Waals surface area contributed by atoms with Crippen LogP contribution in [0.4, 0.5) is 9.52 Å². The van der Waals surface area contributed by atoms with Gasteiger partial charge < -0.3 is 4.74 Å². The third kappa shape index (κ3) is 5.76. The van der Waals surface area contributed by atoms with Gasteiger partial charge in [0.15, 0.2) is 6.61 Å². The molecule has 1 aromatic heterocycles. The Hall–Kier alpha value is -1.73. The van der Waals surface area contributed by atoms with Crippen molar-refractivity contribution < 1.29 is 13.9 Å². The summed E-state index contributed by atoms with van der Waals surface area (Å²) < 4.78 is 18.3. The first-order valence-electron chi connectivity index (χ1n) is 7.28. The van der Waals surface area contributed by atoms with Gasteiger partial charge in [-0.05, 0) is 18.6 Å². The molecule has 124 valence electrons. The molecule has 0 aliphatic rings. The monoisotopic (exact) mass is 357 g/mol. The summed E-state index contributed by atoms with van der Waals surface area (Å²) in [7, 11) is 0. The molecule has 1 heterocycles. The van der Waals surface area contributed by atoms with Crippen molar-refractivity contribution in [1.29, 1.82) is 0 Å². The normalized spacial score (nSPS) is 10.6. The minimum Gasteiger partial charge on any atom is -0.484 e. The molecule has 0 saturated carbocycles. The van der Waals surface area contributed by atoms with Gasteiger partial charge in [0.05, 0.1) is 5.02 Å². The van der Waals surface area contributed by atoms with E-state index in [-0.39, 0.29) is 17.5 Å². The number of carbonyl (C=O) groups excluding carboxylic acids is 1. The number of aromatic nitrogens is 2. The number of aryl methyl sites for hydroxylation is 1. The summed E-state index contributed by atoms with van der Waals surface area (Å²) in [6.07, 6.45) is 4.22. The van der Waals surface area contributed by atoms with Gasteiger partial charge >= 0.3 is 0 Å². The van der Waals surface area contributed by atoms with Crippen molar-refractivity contribution in [3.05, 3.63) is 34.0 Å². The van der Waals surface area contributed by atoms with Crippen LogP contribution in [-0.4, -0.2) is 22.7 Å². The van der Waals surface area contributed by atoms with Gasteiger partial charge in [-0.3, -0.25) is 10.1 Å². The topological polar surface area (TPSA) is 64.1 Å². The predicted molar refractivity (Wildman–Crippen MR) is 88.7 cm³/mol. The lowest BCUT2D eigenvalue weighted by molar-refractivity contribution is -0.118. The number of nitrogens with zero attached hydrogens (tertiary/aromatic N) is 2. The number of nitrogens with one attached hydrogen (secondary N) is 1. The number of unbranched alkanes of at least 4 members (excludes halogenated alkanes) is 2. The molecule has 1 N–H and O–H groups in total. The standard InChI is InChI=1S/C15H17ClFN3O2S/c1-2-3-4-5-14-19-20-15(23-14)18-13(21)9-22-10-6-7-12(17)11(16)8-10/h6-8H,2-5,9H2,1H3,(H,18,20,21). The van der Waals surface area contributed by atoms with Gasteiger partial charge in [0.2, 0.25) is 5.13 Å². The zero-order valence-corrected chi connectivity index (χ0v) is 14.2. The second kappa shape index (κ2) is 8.79. The number of halogens is 2. The van der Waals surface area contributed by atoms with Gasteiger partial charge in [0.1, 0.15) is 16.6 Å². The fraction of sp³-hybridized carbons (Fsp3) is 0.400. The molecule has 0 bridgehead atoms. The van der Waals surface area contributed by atoms with E-state index in [1.807, 2.05) is 0 Å². The molecular weight excluding hydrogens is 341 g/mol. The number of rotatable bonds is 8. The van der Waals surface area contributed by atoms with E-state index in [0.717, 1.165) is 30.7 Å². The Morgan fingerprint density at radius 2 is 2.22 bits per heavy atom. The largest absolute Gasteiger partial charge is 0.484 e. The van der Waals surface area contributed by atoms with Crippen LogP contribution in [0.2, 0.25) is 5.02 Å². The molecule has 0 fully saturated rings. The fourth-order valence-electron chi connectivity index (χ4n) is 1.80. The van der Waals surface area contributed by atoms with Crippen LogP contribution in [0.1, 0.15) is 31.2 Å². The average molecular weight is 358 g/mol. The Morgan fingerprint density at radius 1 is 1.39 bits per heavy atom. The highest BCUT2D eigenvalue weighted by atomic mass is 35.5. The summed E-state index contributed by atoms with van der Waals surface area (Å²) in [6, 6.07) is 3.91. The molecule has 0 spiro atoms. The smallest absolute Gasteiger partial charge is 0.264 e. The minimum atomic E-state index is -0.534. The minimum absolute atomic E-state index is 0.0521. The van der Waals surface area contributed by atoms with Crippen molar-refractivity contribution >= 4 is 34.0 Å². The Morgan fingerprint density at radius 3 is 2.96 bits per heavy atom. The van der Waals surface area contributed by atoms with Gasteiger partial charge in [0.25, 0.3) is 5.91 Å². The molecule has 1 amide bonds. The van der Waals surface area contributed by atoms with Crippen molar-refractivity contribution in [1.82, 2.24) is 10.2 Å². The van der Waals surface area contributed by atoms with Gasteiger partial charge in [-0.2, -0.15) is 0 Å². The van der Waals surface area contributed by atoms with Crippen molar-refractivity contribution in [3.8, 4) is 5.75 Å². The highest BCUT2D eigenvalue weighted by Crippen LogP contribution is 2.21. The third-order valence-electron chi connectivity index (χ3n) is 2.97. The first-order chi connectivity index (χ1) is 11.1. The zero-order chi connectivity index (χ0) is 16.7. The molecule has 23 heavy (non-hydrogen) atoms. The van der Waals surface area contributed by atoms with E-state index >= 15 is 0 Å². The van der Waals surface area contributed by atoms with E-state index in [9.17, 15) is 9.18 Å². The molecular formula is C15H17ClFN3O2S. The second-order valence-corrected chi connectivity index (χ2v) is 6.34. The third-order valence-corrected chi connectivity index (χ3v) is 4.16. The Balaban J connectivity index is 1.79. The van der Waals surface area contributed by atoms with Crippen LogP contribution in [0.5, 0.6) is 5.75 Å². The number of hydrogen-bond donors (Lipinski definition) is 1. The summed E-state index contributed by atoms with van der Waals surface area (Å²) in [4.78, 5) is 11.8. The van der Waals surface area contributed by atoms with E-state index in [0.29, 0.717) is 10.9 Å². The number of anilines is 1. The molecule has 0 unspecified atom stereocenters. The summed E-state index contributed by atoms with van der Waals surface area (Å²) in [5.74, 6) is -0.571. The lowest BCUT2D eigenvalue weighted by atomic mass is 10.2. The maximum atomic E-state index is 13.0. The Bertz CT molecular complexity index is 666. The number of ether oxygens (including phenoxy) is 1. The van der Waals surface area contributed by atoms with Crippen LogP contribution >= 0.6 is 22.9 Å². The maximum Gasteiger partial charge on any atom is 0.264 e.